The first-order valence-electron chi connectivity index (χ1n) is 11.6. The van der Waals surface area contributed by atoms with E-state index in [1.54, 1.807) is 12.1 Å². The van der Waals surface area contributed by atoms with Gasteiger partial charge >= 0.3 is 0 Å². The van der Waals surface area contributed by atoms with Crippen molar-refractivity contribution in [3.63, 3.8) is 0 Å². The van der Waals surface area contributed by atoms with E-state index < -0.39 is 10.0 Å². The molecule has 5 nitrogen and oxygen atoms in total. The Morgan fingerprint density at radius 3 is 2.25 bits per heavy atom. The van der Waals surface area contributed by atoms with Gasteiger partial charge in [0.1, 0.15) is 0 Å². The summed E-state index contributed by atoms with van der Waals surface area (Å²) in [7, 11) is -3.47. The molecule has 1 N–H and O–H groups in total. The van der Waals surface area contributed by atoms with Crippen molar-refractivity contribution in [2.45, 2.75) is 65.8 Å². The number of amides is 1. The van der Waals surface area contributed by atoms with Gasteiger partial charge in [-0.2, -0.15) is 0 Å². The Bertz CT molecular complexity index is 969. The highest BCUT2D eigenvalue weighted by Crippen LogP contribution is 2.30. The number of rotatable bonds is 12. The van der Waals surface area contributed by atoms with Crippen molar-refractivity contribution in [2.24, 2.45) is 5.92 Å². The number of benzene rings is 2. The summed E-state index contributed by atoms with van der Waals surface area (Å²) in [5.74, 6) is 0.616. The average molecular weight is 459 g/mol. The van der Waals surface area contributed by atoms with E-state index >= 15 is 0 Å². The van der Waals surface area contributed by atoms with Gasteiger partial charge in [-0.3, -0.25) is 9.10 Å². The first kappa shape index (κ1) is 25.9. The summed E-state index contributed by atoms with van der Waals surface area (Å²) in [6.07, 6.45) is 5.76. The summed E-state index contributed by atoms with van der Waals surface area (Å²) in [5, 5.41) is 3.04. The molecule has 6 heteroatoms. The quantitative estimate of drug-likeness (QED) is 0.442. The summed E-state index contributed by atoms with van der Waals surface area (Å²) in [6, 6.07) is 14.8. The van der Waals surface area contributed by atoms with Crippen LogP contribution in [0.2, 0.25) is 0 Å². The molecule has 1 amide bonds. The topological polar surface area (TPSA) is 66.5 Å². The molecule has 1 atom stereocenters. The van der Waals surface area contributed by atoms with E-state index in [1.165, 1.54) is 17.0 Å². The van der Waals surface area contributed by atoms with Crippen LogP contribution in [0.5, 0.6) is 0 Å². The van der Waals surface area contributed by atoms with Crippen LogP contribution >= 0.6 is 0 Å². The molecular weight excluding hydrogens is 420 g/mol. The van der Waals surface area contributed by atoms with Crippen molar-refractivity contribution < 1.29 is 13.2 Å². The Kier molecular flexibility index (Phi) is 9.76. The molecule has 2 aromatic carbocycles. The average Bonchev–Trinajstić information content (AvgIpc) is 2.77. The highest BCUT2D eigenvalue weighted by Gasteiger charge is 2.22. The van der Waals surface area contributed by atoms with Gasteiger partial charge in [0.25, 0.3) is 5.91 Å². The van der Waals surface area contributed by atoms with Crippen molar-refractivity contribution in [3.8, 4) is 0 Å². The second kappa shape index (κ2) is 12.0. The van der Waals surface area contributed by atoms with Crippen LogP contribution in [0.25, 0.3) is 0 Å². The lowest BCUT2D eigenvalue weighted by atomic mass is 9.99. The zero-order valence-corrected chi connectivity index (χ0v) is 20.9. The highest BCUT2D eigenvalue weighted by atomic mass is 32.2. The SMILES string of the molecule is CCCCC(CC)CNC(=O)c1ccc(CN(c2ccccc2C(C)C)S(C)(=O)=O)cc1. The fourth-order valence-electron chi connectivity index (χ4n) is 3.79. The van der Waals surface area contributed by atoms with Crippen molar-refractivity contribution in [3.05, 3.63) is 65.2 Å². The molecule has 0 spiro atoms. The first-order valence-corrected chi connectivity index (χ1v) is 13.5. The van der Waals surface area contributed by atoms with Gasteiger partial charge in [-0.05, 0) is 47.6 Å². The molecule has 2 rings (SSSR count). The standard InChI is InChI=1S/C26H38N2O3S/c1-6-8-11-21(7-2)18-27-26(29)23-16-14-22(15-17-23)19-28(32(5,30)31)25-13-10-9-12-24(25)20(3)4/h9-10,12-17,20-21H,6-8,11,18-19H2,1-5H3,(H,27,29). The Balaban J connectivity index is 2.13. The smallest absolute Gasteiger partial charge is 0.251 e. The molecule has 0 heterocycles. The molecule has 176 valence electrons. The third-order valence-electron chi connectivity index (χ3n) is 5.86. The molecule has 0 aliphatic heterocycles. The molecule has 0 fully saturated rings. The Morgan fingerprint density at radius 2 is 1.69 bits per heavy atom. The zero-order valence-electron chi connectivity index (χ0n) is 20.1. The molecule has 0 aliphatic carbocycles. The Labute approximate surface area is 194 Å². The number of hydrogen-bond donors (Lipinski definition) is 1. The third kappa shape index (κ3) is 7.37. The molecule has 2 aromatic rings. The van der Waals surface area contributed by atoms with E-state index in [-0.39, 0.29) is 18.4 Å². The van der Waals surface area contributed by atoms with Gasteiger partial charge in [-0.15, -0.1) is 0 Å². The predicted octanol–water partition coefficient (Wildman–Crippen LogP) is 5.72. The van der Waals surface area contributed by atoms with Crippen molar-refractivity contribution in [1.29, 1.82) is 0 Å². The minimum atomic E-state index is -3.47. The zero-order chi connectivity index (χ0) is 23.7. The number of carbonyl (C=O) groups excluding carboxylic acids is 1. The molecule has 32 heavy (non-hydrogen) atoms. The van der Waals surface area contributed by atoms with E-state index in [0.717, 1.165) is 30.4 Å². The van der Waals surface area contributed by atoms with Gasteiger partial charge < -0.3 is 5.32 Å². The number of anilines is 1. The van der Waals surface area contributed by atoms with Gasteiger partial charge in [0.05, 0.1) is 18.5 Å². The Hall–Kier alpha value is -2.34. The van der Waals surface area contributed by atoms with Crippen molar-refractivity contribution in [2.75, 3.05) is 17.1 Å². The maximum absolute atomic E-state index is 12.6. The number of carbonyl (C=O) groups is 1. The van der Waals surface area contributed by atoms with Crippen LogP contribution in [-0.2, 0) is 16.6 Å². The summed E-state index contributed by atoms with van der Waals surface area (Å²) in [5.41, 5.74) is 3.11. The fourth-order valence-corrected chi connectivity index (χ4v) is 4.70. The van der Waals surface area contributed by atoms with Crippen LogP contribution in [0, 0.1) is 5.92 Å². The van der Waals surface area contributed by atoms with Gasteiger partial charge in [-0.25, -0.2) is 8.42 Å². The van der Waals surface area contributed by atoms with Crippen LogP contribution in [-0.4, -0.2) is 27.1 Å². The predicted molar refractivity (Wildman–Crippen MR) is 134 cm³/mol. The lowest BCUT2D eigenvalue weighted by Crippen LogP contribution is -2.30. The molecule has 0 saturated carbocycles. The highest BCUT2D eigenvalue weighted by molar-refractivity contribution is 7.92. The second-order valence-electron chi connectivity index (χ2n) is 8.81. The maximum atomic E-state index is 12.6. The van der Waals surface area contributed by atoms with Crippen LogP contribution in [0.4, 0.5) is 5.69 Å². The van der Waals surface area contributed by atoms with E-state index in [1.807, 2.05) is 36.4 Å². The molecule has 0 bridgehead atoms. The monoisotopic (exact) mass is 458 g/mol. The molecule has 0 saturated heterocycles. The summed E-state index contributed by atoms with van der Waals surface area (Å²) >= 11 is 0. The molecule has 1 unspecified atom stereocenters. The summed E-state index contributed by atoms with van der Waals surface area (Å²) in [4.78, 5) is 12.6. The lowest BCUT2D eigenvalue weighted by Gasteiger charge is -2.26. The van der Waals surface area contributed by atoms with E-state index in [0.29, 0.717) is 23.7 Å². The summed E-state index contributed by atoms with van der Waals surface area (Å²) < 4.78 is 26.6. The van der Waals surface area contributed by atoms with Gasteiger partial charge in [0, 0.05) is 12.1 Å². The van der Waals surface area contributed by atoms with E-state index in [4.69, 9.17) is 0 Å². The molecule has 0 radical (unpaired) electrons. The van der Waals surface area contributed by atoms with Gasteiger partial charge in [0.2, 0.25) is 10.0 Å². The number of nitrogens with zero attached hydrogens (tertiary/aromatic N) is 1. The normalized spacial score (nSPS) is 12.6. The van der Waals surface area contributed by atoms with Crippen LogP contribution in [0.1, 0.15) is 80.8 Å². The molecule has 0 aromatic heterocycles. The Morgan fingerprint density at radius 1 is 1.03 bits per heavy atom. The van der Waals surface area contributed by atoms with E-state index in [2.05, 4.69) is 33.0 Å². The second-order valence-corrected chi connectivity index (χ2v) is 10.7. The molecular formula is C26H38N2O3S. The minimum absolute atomic E-state index is 0.0865. The van der Waals surface area contributed by atoms with E-state index in [9.17, 15) is 13.2 Å². The van der Waals surface area contributed by atoms with Crippen molar-refractivity contribution in [1.82, 2.24) is 5.32 Å². The van der Waals surface area contributed by atoms with Crippen LogP contribution in [0.15, 0.2) is 48.5 Å². The van der Waals surface area contributed by atoms with Crippen LogP contribution < -0.4 is 9.62 Å². The number of hydrogen-bond acceptors (Lipinski definition) is 3. The first-order chi connectivity index (χ1) is 15.2. The number of unbranched alkanes of at least 4 members (excludes halogenated alkanes) is 1. The number of nitrogens with one attached hydrogen (secondary N) is 1. The van der Waals surface area contributed by atoms with Gasteiger partial charge in [0.15, 0.2) is 0 Å². The van der Waals surface area contributed by atoms with Crippen LogP contribution in [0.3, 0.4) is 0 Å². The lowest BCUT2D eigenvalue weighted by molar-refractivity contribution is 0.0946. The van der Waals surface area contributed by atoms with Crippen molar-refractivity contribution >= 4 is 21.6 Å². The third-order valence-corrected chi connectivity index (χ3v) is 6.99. The maximum Gasteiger partial charge on any atom is 0.251 e. The van der Waals surface area contributed by atoms with Gasteiger partial charge in [-0.1, -0.05) is 77.3 Å². The summed E-state index contributed by atoms with van der Waals surface area (Å²) in [6.45, 7) is 9.35. The largest absolute Gasteiger partial charge is 0.352 e. The number of para-hydroxylation sites is 1. The fraction of sp³-hybridized carbons (Fsp3) is 0.500. The molecule has 0 aliphatic rings. The minimum Gasteiger partial charge on any atom is -0.352 e. The number of sulfonamides is 1.